The third kappa shape index (κ3) is 3.94. The van der Waals surface area contributed by atoms with E-state index >= 15 is 0 Å². The molecular weight excluding hydrogens is 394 g/mol. The molecule has 1 aromatic carbocycles. The molecule has 1 saturated heterocycles. The number of likely N-dealkylation sites (tertiary alicyclic amines) is 1. The minimum absolute atomic E-state index is 0.253. The summed E-state index contributed by atoms with van der Waals surface area (Å²) in [7, 11) is 0. The summed E-state index contributed by atoms with van der Waals surface area (Å²) in [6.07, 6.45) is 7.54. The van der Waals surface area contributed by atoms with Gasteiger partial charge in [-0.2, -0.15) is 0 Å². The molecule has 1 fully saturated rings. The number of benzene rings is 1. The Hall–Kier alpha value is -2.80. The fourth-order valence-corrected chi connectivity index (χ4v) is 5.30. The number of hydrogen-bond donors (Lipinski definition) is 0. The molecular formula is C23H25N5OS. The molecule has 4 aromatic rings. The predicted molar refractivity (Wildman–Crippen MR) is 119 cm³/mol. The Kier molecular flexibility index (Phi) is 5.45. The number of unbranched alkanes of at least 4 members (excludes halogenated alkanes) is 1. The monoisotopic (exact) mass is 419 g/mol. The van der Waals surface area contributed by atoms with Crippen LogP contribution >= 0.6 is 11.3 Å². The molecule has 0 saturated carbocycles. The quantitative estimate of drug-likeness (QED) is 0.433. The van der Waals surface area contributed by atoms with Crippen LogP contribution in [0.4, 0.5) is 0 Å². The number of aromatic nitrogens is 4. The third-order valence-corrected chi connectivity index (χ3v) is 6.94. The topological polar surface area (TPSA) is 63.4 Å². The molecule has 0 aliphatic carbocycles. The van der Waals surface area contributed by atoms with Crippen LogP contribution in [0.15, 0.2) is 48.7 Å². The van der Waals surface area contributed by atoms with Gasteiger partial charge in [0.25, 0.3) is 0 Å². The molecule has 6 nitrogen and oxygen atoms in total. The van der Waals surface area contributed by atoms with Crippen molar-refractivity contribution in [2.75, 3.05) is 13.1 Å². The van der Waals surface area contributed by atoms with Crippen molar-refractivity contribution in [2.45, 2.75) is 44.4 Å². The van der Waals surface area contributed by atoms with Crippen LogP contribution in [0, 0.1) is 0 Å². The van der Waals surface area contributed by atoms with Gasteiger partial charge in [-0.05, 0) is 56.4 Å². The van der Waals surface area contributed by atoms with Crippen molar-refractivity contribution in [2.24, 2.45) is 0 Å². The first-order valence-corrected chi connectivity index (χ1v) is 11.5. The van der Waals surface area contributed by atoms with Crippen molar-refractivity contribution in [3.8, 4) is 0 Å². The third-order valence-electron chi connectivity index (χ3n) is 5.85. The van der Waals surface area contributed by atoms with Crippen molar-refractivity contribution in [3.63, 3.8) is 0 Å². The summed E-state index contributed by atoms with van der Waals surface area (Å²) in [5, 5.41) is 9.85. The number of nitrogens with zero attached hydrogens (tertiary/aromatic N) is 5. The summed E-state index contributed by atoms with van der Waals surface area (Å²) in [6.45, 7) is 1.59. The lowest BCUT2D eigenvalue weighted by Crippen LogP contribution is -2.39. The molecule has 1 amide bonds. The highest BCUT2D eigenvalue weighted by molar-refractivity contribution is 7.18. The number of carbonyl (C=O) groups excluding carboxylic acids is 1. The molecule has 0 N–H and O–H groups in total. The summed E-state index contributed by atoms with van der Waals surface area (Å²) in [5.41, 5.74) is 1.94. The Bertz CT molecular complexity index is 1130. The van der Waals surface area contributed by atoms with Crippen LogP contribution in [0.2, 0.25) is 0 Å². The van der Waals surface area contributed by atoms with E-state index in [1.807, 2.05) is 35.4 Å². The van der Waals surface area contributed by atoms with Crippen LogP contribution in [0.3, 0.4) is 0 Å². The molecule has 1 aliphatic heterocycles. The molecule has 0 spiro atoms. The molecule has 154 valence electrons. The fraction of sp³-hybridized carbons (Fsp3) is 0.391. The highest BCUT2D eigenvalue weighted by Crippen LogP contribution is 2.27. The van der Waals surface area contributed by atoms with Crippen LogP contribution in [0.5, 0.6) is 0 Å². The van der Waals surface area contributed by atoms with Gasteiger partial charge in [-0.3, -0.25) is 9.20 Å². The number of hydrogen-bond acceptors (Lipinski definition) is 5. The zero-order chi connectivity index (χ0) is 20.3. The lowest BCUT2D eigenvalue weighted by Gasteiger charge is -2.32. The highest BCUT2D eigenvalue weighted by atomic mass is 32.1. The van der Waals surface area contributed by atoms with E-state index in [1.54, 1.807) is 11.3 Å². The number of rotatable bonds is 6. The summed E-state index contributed by atoms with van der Waals surface area (Å²) in [6, 6.07) is 14.2. The molecule has 4 heterocycles. The van der Waals surface area contributed by atoms with Crippen molar-refractivity contribution in [1.29, 1.82) is 0 Å². The maximum Gasteiger partial charge on any atom is 0.222 e. The van der Waals surface area contributed by atoms with Crippen LogP contribution in [0.25, 0.3) is 15.9 Å². The van der Waals surface area contributed by atoms with Crippen molar-refractivity contribution >= 4 is 33.1 Å². The van der Waals surface area contributed by atoms with Gasteiger partial charge >= 0.3 is 0 Å². The second-order valence-corrected chi connectivity index (χ2v) is 9.06. The second kappa shape index (κ2) is 8.52. The van der Waals surface area contributed by atoms with Gasteiger partial charge in [-0.1, -0.05) is 18.2 Å². The summed E-state index contributed by atoms with van der Waals surface area (Å²) in [5.74, 6) is 1.49. The molecule has 1 atom stereocenters. The lowest BCUT2D eigenvalue weighted by molar-refractivity contribution is -0.132. The van der Waals surface area contributed by atoms with Gasteiger partial charge in [-0.25, -0.2) is 4.98 Å². The average molecular weight is 420 g/mol. The molecule has 0 radical (unpaired) electrons. The Balaban J connectivity index is 1.14. The van der Waals surface area contributed by atoms with Crippen molar-refractivity contribution < 1.29 is 4.79 Å². The summed E-state index contributed by atoms with van der Waals surface area (Å²) >= 11 is 1.76. The van der Waals surface area contributed by atoms with Gasteiger partial charge in [0.05, 0.1) is 15.2 Å². The van der Waals surface area contributed by atoms with E-state index in [0.29, 0.717) is 6.42 Å². The van der Waals surface area contributed by atoms with E-state index in [0.717, 1.165) is 62.2 Å². The molecule has 5 rings (SSSR count). The molecule has 30 heavy (non-hydrogen) atoms. The predicted octanol–water partition coefficient (Wildman–Crippen LogP) is 4.46. The first kappa shape index (κ1) is 19.2. The van der Waals surface area contributed by atoms with E-state index in [4.69, 9.17) is 4.98 Å². The van der Waals surface area contributed by atoms with E-state index in [9.17, 15) is 4.79 Å². The number of aryl methyl sites for hydroxylation is 1. The maximum atomic E-state index is 12.8. The first-order chi connectivity index (χ1) is 14.8. The average Bonchev–Trinajstić information content (AvgIpc) is 3.40. The van der Waals surface area contributed by atoms with Gasteiger partial charge in [0.15, 0.2) is 5.65 Å². The number of amides is 1. The normalized spacial score (nSPS) is 17.1. The number of pyridine rings is 1. The van der Waals surface area contributed by atoms with Gasteiger partial charge in [0.2, 0.25) is 5.91 Å². The minimum Gasteiger partial charge on any atom is -0.342 e. The number of thiazole rings is 1. The minimum atomic E-state index is 0.253. The standard InChI is InChI=1S/C23H25N5OS/c29-22(13-4-3-12-21-24-18-9-1-2-10-19(18)30-21)27-14-7-8-17(16-27)23-26-25-20-11-5-6-15-28(20)23/h1-2,5-6,9-11,15,17H,3-4,7-8,12-14,16H2. The summed E-state index contributed by atoms with van der Waals surface area (Å²) in [4.78, 5) is 19.5. The largest absolute Gasteiger partial charge is 0.342 e. The Morgan fingerprint density at radius 2 is 2.00 bits per heavy atom. The number of para-hydroxylation sites is 1. The lowest BCUT2D eigenvalue weighted by atomic mass is 9.96. The molecule has 7 heteroatoms. The van der Waals surface area contributed by atoms with E-state index < -0.39 is 0 Å². The fourth-order valence-electron chi connectivity index (χ4n) is 4.29. The maximum absolute atomic E-state index is 12.8. The molecule has 1 aliphatic rings. The second-order valence-electron chi connectivity index (χ2n) is 7.95. The van der Waals surface area contributed by atoms with Crippen LogP contribution in [0.1, 0.15) is 48.9 Å². The number of carbonyl (C=O) groups is 1. The van der Waals surface area contributed by atoms with Gasteiger partial charge in [0.1, 0.15) is 5.82 Å². The van der Waals surface area contributed by atoms with Crippen LogP contribution < -0.4 is 0 Å². The van der Waals surface area contributed by atoms with Crippen molar-refractivity contribution in [1.82, 2.24) is 24.5 Å². The van der Waals surface area contributed by atoms with E-state index in [-0.39, 0.29) is 11.8 Å². The zero-order valence-corrected chi connectivity index (χ0v) is 17.7. The van der Waals surface area contributed by atoms with Crippen LogP contribution in [-0.4, -0.2) is 43.5 Å². The molecule has 0 bridgehead atoms. The number of piperidine rings is 1. The highest BCUT2D eigenvalue weighted by Gasteiger charge is 2.27. The number of fused-ring (bicyclic) bond motifs is 2. The zero-order valence-electron chi connectivity index (χ0n) is 16.9. The Labute approximate surface area is 179 Å². The van der Waals surface area contributed by atoms with E-state index in [2.05, 4.69) is 32.8 Å². The van der Waals surface area contributed by atoms with Gasteiger partial charge < -0.3 is 4.90 Å². The molecule has 3 aromatic heterocycles. The van der Waals surface area contributed by atoms with E-state index in [1.165, 1.54) is 9.71 Å². The summed E-state index contributed by atoms with van der Waals surface area (Å²) < 4.78 is 3.29. The SMILES string of the molecule is O=C(CCCCc1nc2ccccc2s1)N1CCCC(c2nnc3ccccn23)C1. The smallest absolute Gasteiger partial charge is 0.222 e. The van der Waals surface area contributed by atoms with Gasteiger partial charge in [-0.15, -0.1) is 21.5 Å². The Morgan fingerprint density at radius 3 is 2.93 bits per heavy atom. The Morgan fingerprint density at radius 1 is 1.10 bits per heavy atom. The van der Waals surface area contributed by atoms with Crippen LogP contribution in [-0.2, 0) is 11.2 Å². The first-order valence-electron chi connectivity index (χ1n) is 10.7. The van der Waals surface area contributed by atoms with Gasteiger partial charge in [0, 0.05) is 31.6 Å². The van der Waals surface area contributed by atoms with Crippen molar-refractivity contribution in [3.05, 3.63) is 59.5 Å². The molecule has 1 unspecified atom stereocenters.